The Morgan fingerprint density at radius 1 is 0.705 bits per heavy atom. The third-order valence-electron chi connectivity index (χ3n) is 9.33. The molecule has 2 saturated heterocycles. The van der Waals surface area contributed by atoms with Gasteiger partial charge in [0.2, 0.25) is 11.8 Å². The van der Waals surface area contributed by atoms with Crippen molar-refractivity contribution in [3.63, 3.8) is 0 Å². The lowest BCUT2D eigenvalue weighted by Gasteiger charge is -2.32. The highest BCUT2D eigenvalue weighted by Crippen LogP contribution is 2.32. The van der Waals surface area contributed by atoms with Crippen LogP contribution in [0.4, 0.5) is 49.4 Å². The molecule has 24 heteroatoms. The minimum Gasteiger partial charge on any atom is -0.382 e. The average molecular weight is 900 g/mol. The van der Waals surface area contributed by atoms with Crippen molar-refractivity contribution in [2.24, 2.45) is 0 Å². The quantitative estimate of drug-likeness (QED) is 0.119. The van der Waals surface area contributed by atoms with Crippen LogP contribution in [0.1, 0.15) is 51.4 Å². The molecule has 1 unspecified atom stereocenters. The van der Waals surface area contributed by atoms with Crippen LogP contribution in [0.15, 0.2) is 61.2 Å². The molecule has 2 aliphatic heterocycles. The lowest BCUT2D eigenvalue weighted by Crippen LogP contribution is -2.48. The van der Waals surface area contributed by atoms with Gasteiger partial charge in [0.05, 0.1) is 24.2 Å². The Balaban J connectivity index is 0.000000231. The minimum atomic E-state index is -4.49. The lowest BCUT2D eigenvalue weighted by molar-refractivity contribution is -0.138. The van der Waals surface area contributed by atoms with Gasteiger partial charge in [-0.2, -0.15) is 26.3 Å². The van der Waals surface area contributed by atoms with E-state index in [1.165, 1.54) is 24.3 Å². The number of benzene rings is 2. The molecule has 2 aliphatic rings. The number of carbonyl (C=O) groups is 4. The van der Waals surface area contributed by atoms with Crippen LogP contribution in [0.2, 0.25) is 10.0 Å². The maximum absolute atomic E-state index is 12.8. The summed E-state index contributed by atoms with van der Waals surface area (Å²) in [6.07, 6.45) is -5.04. The zero-order valence-electron chi connectivity index (χ0n) is 31.8. The van der Waals surface area contributed by atoms with Gasteiger partial charge in [0.25, 0.3) is 11.8 Å². The van der Waals surface area contributed by atoms with E-state index in [9.17, 15) is 45.5 Å². The fourth-order valence-corrected chi connectivity index (χ4v) is 6.60. The maximum Gasteiger partial charge on any atom is 0.416 e. The van der Waals surface area contributed by atoms with Crippen molar-refractivity contribution < 1.29 is 45.5 Å². The van der Waals surface area contributed by atoms with Crippen LogP contribution in [-0.4, -0.2) is 105 Å². The number of aromatic nitrogens is 4. The smallest absolute Gasteiger partial charge is 0.382 e. The second kappa shape index (κ2) is 20.0. The Labute approximate surface area is 353 Å². The summed E-state index contributed by atoms with van der Waals surface area (Å²) >= 11 is 11.9. The Morgan fingerprint density at radius 3 is 1.74 bits per heavy atom. The summed E-state index contributed by atoms with van der Waals surface area (Å²) < 4.78 is 76.7. The molecule has 8 N–H and O–H groups in total. The standard InChI is InChI=1S/C19H20ClF3N6O2.C18H18ClF3N6O2/c20-15-16(26-10-27-17(15)24)18(31)28-12-4-6-29(7-5-12)14(30)9-25-13-3-1-2-11(8-13)19(21,22)23;19-14-15(24-9-25-16(14)23)17(30)27-12-4-5-28(7-12)8-13(29)26-11-3-1-2-10(6-11)18(20,21)22/h1-3,8,10,12,25H,4-7,9H2,(H,28,31)(H2,24,26,27);1-3,6,9,12H,4-5,7-8H2,(H,26,29)(H,27,30)(H2,23,24,25). The Kier molecular flexibility index (Phi) is 15.1. The van der Waals surface area contributed by atoms with E-state index < -0.39 is 41.2 Å². The van der Waals surface area contributed by atoms with Crippen LogP contribution in [0, 0.1) is 0 Å². The van der Waals surface area contributed by atoms with Crippen molar-refractivity contribution in [3.05, 3.63) is 93.7 Å². The first-order chi connectivity index (χ1) is 28.8. The summed E-state index contributed by atoms with van der Waals surface area (Å²) in [6.45, 7) is 1.56. The van der Waals surface area contributed by atoms with E-state index in [4.69, 9.17) is 34.7 Å². The molecule has 0 saturated carbocycles. The van der Waals surface area contributed by atoms with Crippen LogP contribution >= 0.6 is 23.2 Å². The van der Waals surface area contributed by atoms with E-state index in [-0.39, 0.29) is 75.5 Å². The molecule has 1 atom stereocenters. The SMILES string of the molecule is Nc1ncnc(C(=O)NC2CCN(C(=O)CNc3cccc(C(F)(F)F)c3)CC2)c1Cl.Nc1ncnc(C(=O)NC2CCN(CC(=O)Nc3cccc(C(F)(F)F)c3)C2)c1Cl. The summed E-state index contributed by atoms with van der Waals surface area (Å²) in [4.78, 5) is 67.7. The Morgan fingerprint density at radius 2 is 1.20 bits per heavy atom. The highest BCUT2D eigenvalue weighted by molar-refractivity contribution is 6.36. The van der Waals surface area contributed by atoms with Crippen LogP contribution in [0.25, 0.3) is 0 Å². The normalized spacial score (nSPS) is 15.9. The van der Waals surface area contributed by atoms with Gasteiger partial charge in [-0.3, -0.25) is 24.1 Å². The molecule has 2 aromatic heterocycles. The zero-order chi connectivity index (χ0) is 44.5. The predicted octanol–water partition coefficient (Wildman–Crippen LogP) is 4.74. The summed E-state index contributed by atoms with van der Waals surface area (Å²) in [5.41, 5.74) is 9.74. The van der Waals surface area contributed by atoms with E-state index in [0.29, 0.717) is 45.4 Å². The average Bonchev–Trinajstić information content (AvgIpc) is 3.64. The number of rotatable bonds is 10. The van der Waals surface area contributed by atoms with Gasteiger partial charge in [-0.1, -0.05) is 35.3 Å². The first-order valence-corrected chi connectivity index (χ1v) is 19.1. The third-order valence-corrected chi connectivity index (χ3v) is 10.1. The fraction of sp³-hybridized carbons (Fsp3) is 0.351. The molecule has 0 aliphatic carbocycles. The number of anilines is 4. The number of alkyl halides is 6. The number of carbonyl (C=O) groups excluding carboxylic acids is 4. The first-order valence-electron chi connectivity index (χ1n) is 18.3. The van der Waals surface area contributed by atoms with Gasteiger partial charge in [0.1, 0.15) is 34.3 Å². The molecule has 61 heavy (non-hydrogen) atoms. The molecule has 0 radical (unpaired) electrons. The lowest BCUT2D eigenvalue weighted by atomic mass is 10.0. The summed E-state index contributed by atoms with van der Waals surface area (Å²) in [5, 5.41) is 10.7. The Hall–Kier alpha value is -6.00. The summed E-state index contributed by atoms with van der Waals surface area (Å²) in [6, 6.07) is 8.67. The molecule has 16 nitrogen and oxygen atoms in total. The maximum atomic E-state index is 12.8. The van der Waals surface area contributed by atoms with Gasteiger partial charge in [-0.05, 0) is 55.7 Å². The second-order valence-electron chi connectivity index (χ2n) is 13.7. The minimum absolute atomic E-state index is 0.00358. The van der Waals surface area contributed by atoms with E-state index in [1.807, 2.05) is 0 Å². The zero-order valence-corrected chi connectivity index (χ0v) is 33.3. The number of nitrogen functional groups attached to an aromatic ring is 2. The highest BCUT2D eigenvalue weighted by Gasteiger charge is 2.32. The molecule has 4 aromatic rings. The van der Waals surface area contributed by atoms with Crippen molar-refractivity contribution in [2.75, 3.05) is 61.4 Å². The number of likely N-dealkylation sites (tertiary alicyclic amines) is 2. The first kappa shape index (κ1) is 46.1. The number of piperidine rings is 1. The van der Waals surface area contributed by atoms with Gasteiger partial charge in [0.15, 0.2) is 11.4 Å². The molecule has 6 rings (SSSR count). The van der Waals surface area contributed by atoms with E-state index in [0.717, 1.165) is 36.9 Å². The number of nitrogens with one attached hydrogen (secondary N) is 4. The van der Waals surface area contributed by atoms with Gasteiger partial charge >= 0.3 is 12.4 Å². The molecule has 326 valence electrons. The van der Waals surface area contributed by atoms with Gasteiger partial charge in [-0.25, -0.2) is 19.9 Å². The second-order valence-corrected chi connectivity index (χ2v) is 14.5. The number of hydrogen-bond donors (Lipinski definition) is 6. The molecule has 2 aromatic carbocycles. The molecule has 0 bridgehead atoms. The monoisotopic (exact) mass is 898 g/mol. The summed E-state index contributed by atoms with van der Waals surface area (Å²) in [5.74, 6) is -1.67. The van der Waals surface area contributed by atoms with Crippen molar-refractivity contribution in [2.45, 2.75) is 43.7 Å². The number of amides is 4. The van der Waals surface area contributed by atoms with E-state index in [2.05, 4.69) is 41.2 Å². The number of nitrogens with zero attached hydrogens (tertiary/aromatic N) is 6. The van der Waals surface area contributed by atoms with Crippen molar-refractivity contribution in [1.82, 2.24) is 40.4 Å². The van der Waals surface area contributed by atoms with Gasteiger partial charge < -0.3 is 37.6 Å². The van der Waals surface area contributed by atoms with Crippen LogP contribution in [0.3, 0.4) is 0 Å². The van der Waals surface area contributed by atoms with E-state index >= 15 is 0 Å². The number of hydrogen-bond acceptors (Lipinski definition) is 12. The largest absolute Gasteiger partial charge is 0.416 e. The van der Waals surface area contributed by atoms with Crippen LogP contribution in [-0.2, 0) is 21.9 Å². The van der Waals surface area contributed by atoms with Gasteiger partial charge in [0, 0.05) is 49.6 Å². The summed E-state index contributed by atoms with van der Waals surface area (Å²) in [7, 11) is 0. The topological polar surface area (TPSA) is 226 Å². The van der Waals surface area contributed by atoms with Gasteiger partial charge in [-0.15, -0.1) is 0 Å². The van der Waals surface area contributed by atoms with Crippen molar-refractivity contribution in [3.8, 4) is 0 Å². The van der Waals surface area contributed by atoms with Crippen molar-refractivity contribution in [1.29, 1.82) is 0 Å². The van der Waals surface area contributed by atoms with Crippen LogP contribution in [0.5, 0.6) is 0 Å². The molecule has 0 spiro atoms. The molecular weight excluding hydrogens is 861 g/mol. The predicted molar refractivity (Wildman–Crippen MR) is 212 cm³/mol. The van der Waals surface area contributed by atoms with Crippen LogP contribution < -0.4 is 32.7 Å². The Bertz CT molecular complexity index is 2230. The van der Waals surface area contributed by atoms with E-state index in [1.54, 1.807) is 9.80 Å². The van der Waals surface area contributed by atoms with Crippen molar-refractivity contribution >= 4 is 69.8 Å². The molecular formula is C37H38Cl2F6N12O4. The molecule has 4 heterocycles. The third kappa shape index (κ3) is 13.0. The highest BCUT2D eigenvalue weighted by atomic mass is 35.5. The molecule has 4 amide bonds. The number of nitrogens with two attached hydrogens (primary N) is 2. The molecule has 2 fully saturated rings. The number of halogens is 8. The fourth-order valence-electron chi connectivity index (χ4n) is 6.23.